The molecule has 26 heterocycles. The van der Waals surface area contributed by atoms with Gasteiger partial charge in [0.15, 0.2) is 44.0 Å². The average Bonchev–Trinajstić information content (AvgIpc) is 1.17. The number of ether oxygens (including phenoxy) is 14. The van der Waals surface area contributed by atoms with E-state index in [0.717, 1.165) is 0 Å². The Bertz CT molecular complexity index is 3200. The maximum atomic E-state index is 12.1. The van der Waals surface area contributed by atoms with Crippen LogP contribution in [0.5, 0.6) is 0 Å². The van der Waals surface area contributed by atoms with Gasteiger partial charge in [-0.15, -0.1) is 22.7 Å². The van der Waals surface area contributed by atoms with Crippen LogP contribution in [-0.2, 0) is 92.4 Å². The molecule has 21 unspecified atom stereocenters. The number of nitrogens with zero attached hydrogens (tertiary/aromatic N) is 3. The monoisotopic (exact) mass is 1510 g/mol. The van der Waals surface area contributed by atoms with Gasteiger partial charge in [-0.2, -0.15) is 0 Å². The van der Waals surface area contributed by atoms with Crippen LogP contribution in [0.2, 0.25) is 0 Å². The van der Waals surface area contributed by atoms with E-state index in [4.69, 9.17) is 82.0 Å². The van der Waals surface area contributed by atoms with Crippen LogP contribution in [0, 0.1) is 0 Å². The van der Waals surface area contributed by atoms with E-state index in [9.17, 15) is 97.0 Å². The molecule has 0 amide bonds. The summed E-state index contributed by atoms with van der Waals surface area (Å²) < 4.78 is 84.4. The molecule has 40 nitrogen and oxygen atoms in total. The quantitative estimate of drug-likeness (QED) is 0.0805. The molecule has 35 atom stereocenters. The van der Waals surface area contributed by atoms with Gasteiger partial charge in [0.2, 0.25) is 0 Å². The highest BCUT2D eigenvalue weighted by molar-refractivity contribution is 7.09. The maximum Gasteiger partial charge on any atom is 0.187 e. The molecule has 42 heteroatoms. The first-order valence-electron chi connectivity index (χ1n) is 33.6. The molecule has 22 bridgehead atoms. The molecule has 0 saturated carbocycles. The number of nitrogens with two attached hydrogens (primary N) is 1. The molecule has 24 aliphatic rings. The molecule has 0 spiro atoms. The fourth-order valence-electron chi connectivity index (χ4n) is 13.8. The van der Waals surface area contributed by atoms with Crippen LogP contribution in [0.4, 0.5) is 17.1 Å². The van der Waals surface area contributed by atoms with Gasteiger partial charge in [-0.3, -0.25) is 0 Å². The van der Waals surface area contributed by atoms with Gasteiger partial charge in [-0.25, -0.2) is 15.0 Å². The molecular weight excluding hydrogens is 1420 g/mol. The Morgan fingerprint density at radius 1 is 0.408 bits per heavy atom. The Labute approximate surface area is 594 Å². The van der Waals surface area contributed by atoms with Gasteiger partial charge in [-0.1, -0.05) is 0 Å². The smallest absolute Gasteiger partial charge is 0.187 e. The lowest BCUT2D eigenvalue weighted by Gasteiger charge is -2.50. The Kier molecular flexibility index (Phi) is 26.3. The lowest BCUT2D eigenvalue weighted by Crippen LogP contribution is -2.68. The SMILES string of the molecule is CC(N)=Nc1cc2cc(c1)NCc1nc(cs1)CNCC1O[C@@H]3O[C@@H]4C(CO)O[C@H](O[C@@H]5C(CO)O[C@H](O[C@@H]6C(CCCc7csc(n7)CN2)O[C@H](O[C@@H]2C(CO)O[C@H](O[C@@H]7C(CO)O[C@H](O[C@@H]8C(CO)O[C@H](O[C@H]1C(O)C3O)C(O)C8O)C(O)C7O)C(O)C2O)C(O)C6O)C(O)C5O)C(O)C4O. The Morgan fingerprint density at radius 2 is 0.718 bits per heavy atom. The fraction of sp³-hybridized carbons (Fsp3) is 0.787. The zero-order chi connectivity index (χ0) is 73.4. The minimum absolute atomic E-state index is 0.000951. The number of aromatic nitrogens is 2. The van der Waals surface area contributed by atoms with Crippen LogP contribution < -0.4 is 21.7 Å². The van der Waals surface area contributed by atoms with E-state index in [1.54, 1.807) is 24.4 Å². The predicted octanol–water partition coefficient (Wildman–Crippen LogP) is -9.94. The lowest BCUT2D eigenvalue weighted by atomic mass is 9.93. The van der Waals surface area contributed by atoms with Crippen molar-refractivity contribution < 1.29 is 163 Å². The third kappa shape index (κ3) is 17.1. The molecule has 103 heavy (non-hydrogen) atoms. The number of nitrogens with one attached hydrogen (secondary N) is 3. The highest BCUT2D eigenvalue weighted by Gasteiger charge is 2.60. The summed E-state index contributed by atoms with van der Waals surface area (Å²) in [5, 5.41) is 234. The number of rotatable bonds is 6. The van der Waals surface area contributed by atoms with Crippen LogP contribution >= 0.6 is 22.7 Å². The summed E-state index contributed by atoms with van der Waals surface area (Å²) in [4.78, 5) is 14.0. The first-order chi connectivity index (χ1) is 49.4. The Balaban J connectivity index is 0.909. The van der Waals surface area contributed by atoms with Crippen molar-refractivity contribution in [2.24, 2.45) is 10.7 Å². The first kappa shape index (κ1) is 78.8. The van der Waals surface area contributed by atoms with E-state index >= 15 is 0 Å². The molecule has 0 aliphatic carbocycles. The minimum atomic E-state index is -2.21. The van der Waals surface area contributed by atoms with Crippen molar-refractivity contribution in [2.45, 2.75) is 261 Å². The summed E-state index contributed by atoms with van der Waals surface area (Å²) in [6.45, 7) is -3.42. The maximum absolute atomic E-state index is 12.1. The molecule has 21 fully saturated rings. The zero-order valence-corrected chi connectivity index (χ0v) is 56.7. The molecule has 24 N–H and O–H groups in total. The first-order valence-corrected chi connectivity index (χ1v) is 35.4. The highest BCUT2D eigenvalue weighted by Crippen LogP contribution is 2.40. The summed E-state index contributed by atoms with van der Waals surface area (Å²) in [6, 6.07) is 5.41. The topological polar surface area (TPSA) is 614 Å². The summed E-state index contributed by atoms with van der Waals surface area (Å²) in [7, 11) is 0. The number of hydrogen-bond acceptors (Lipinski definition) is 41. The van der Waals surface area contributed by atoms with Crippen LogP contribution in [0.1, 0.15) is 41.2 Å². The number of thiazole rings is 2. The average molecular weight is 1510 g/mol. The van der Waals surface area contributed by atoms with Gasteiger partial charge >= 0.3 is 0 Å². The largest absolute Gasteiger partial charge is 0.394 e. The van der Waals surface area contributed by atoms with Crippen LogP contribution in [0.3, 0.4) is 0 Å². The van der Waals surface area contributed by atoms with Gasteiger partial charge < -0.3 is 185 Å². The molecular formula is C61H91N7O33S2. The van der Waals surface area contributed by atoms with E-state index in [-0.39, 0.29) is 51.3 Å². The number of aliphatic imine (C=N–C) groups is 1. The number of amidine groups is 1. The Morgan fingerprint density at radius 3 is 1.08 bits per heavy atom. The second-order valence-electron chi connectivity index (χ2n) is 26.5. The number of aliphatic hydroxyl groups is 19. The number of anilines is 2. The van der Waals surface area contributed by atoms with Crippen molar-refractivity contribution >= 4 is 45.6 Å². The van der Waals surface area contributed by atoms with Crippen LogP contribution in [0.25, 0.3) is 0 Å². The second kappa shape index (κ2) is 34.4. The molecule has 3 aromatic rings. The van der Waals surface area contributed by atoms with Crippen molar-refractivity contribution in [1.29, 1.82) is 0 Å². The van der Waals surface area contributed by atoms with E-state index in [1.807, 2.05) is 11.4 Å². The van der Waals surface area contributed by atoms with Gasteiger partial charge in [0.05, 0.1) is 75.1 Å². The van der Waals surface area contributed by atoms with Crippen molar-refractivity contribution in [2.75, 3.05) is 50.2 Å². The van der Waals surface area contributed by atoms with E-state index < -0.39 is 248 Å². The standard InChI is InChI=1S/C61H91N7O33S2/c1-19(62)66-23-6-21-5-22(7-23)65-11-33-68-24(18-103-33)8-63-9-26-49-35(75)42(82)56(89-26)98-51-28(13-70)93-60(46(86)39(51)79)99-52-29(14-71)90-57(43(83)36(52)76)95-48-25(4-2-3-20-17-102-32(67-20)10-64-21)88-55(41(81)34(48)74)97-50-27(12-69)92-59(45(85)38(50)78)101-54-31(16-73)94-61(47(87)40(54)80)100-53-30(15-72)91-58(96-49)44(84)37(53)77/h5-7,17-18,25-31,34-61,63-65,69-87H,2-4,8-16H2,1H3,(H2,62,66)/t25?,26?,27?,28?,29?,30?,31?,34?,35?,36?,37?,38?,39?,40?,41?,42?,43?,44?,45?,46?,47?,48-,49-,50-,51-,52-,53-,54-,55-,56-,57-,58-,59-,60-,61-/m1/s1. The summed E-state index contributed by atoms with van der Waals surface area (Å²) in [5.41, 5.74) is 8.91. The highest BCUT2D eigenvalue weighted by atomic mass is 32.1. The third-order valence-electron chi connectivity index (χ3n) is 19.3. The number of aryl methyl sites for hydroxylation is 1. The van der Waals surface area contributed by atoms with Crippen molar-refractivity contribution in [3.05, 3.63) is 50.4 Å². The van der Waals surface area contributed by atoms with E-state index in [0.29, 0.717) is 38.5 Å². The third-order valence-corrected chi connectivity index (χ3v) is 21.1. The van der Waals surface area contributed by atoms with Crippen LogP contribution in [0.15, 0.2) is 34.0 Å². The van der Waals surface area contributed by atoms with Crippen molar-refractivity contribution in [3.63, 3.8) is 0 Å². The summed E-state index contributed by atoms with van der Waals surface area (Å²) in [5.74, 6) is 0.287. The molecule has 21 saturated heterocycles. The summed E-state index contributed by atoms with van der Waals surface area (Å²) >= 11 is 2.64. The normalized spacial score (nSPS) is 45.7. The lowest BCUT2D eigenvalue weighted by molar-refractivity contribution is -0.396. The van der Waals surface area contributed by atoms with Crippen LogP contribution in [-0.4, -0.2) is 367 Å². The number of benzene rings is 1. The minimum Gasteiger partial charge on any atom is -0.394 e. The van der Waals surface area contributed by atoms with Gasteiger partial charge in [0, 0.05) is 35.2 Å². The molecule has 1 aromatic carbocycles. The molecule has 580 valence electrons. The predicted molar refractivity (Wildman–Crippen MR) is 341 cm³/mol. The summed E-state index contributed by atoms with van der Waals surface area (Å²) in [6.07, 6.45) is -68.9. The van der Waals surface area contributed by atoms with E-state index in [1.165, 1.54) is 22.7 Å². The van der Waals surface area contributed by atoms with Crippen molar-refractivity contribution in [1.82, 2.24) is 15.3 Å². The molecule has 27 rings (SSSR count). The zero-order valence-electron chi connectivity index (χ0n) is 55.0. The van der Waals surface area contributed by atoms with Gasteiger partial charge in [-0.05, 0) is 44.4 Å². The molecule has 2 aromatic heterocycles. The molecule has 0 radical (unpaired) electrons. The Hall–Kier alpha value is -3.81. The number of hydrogen-bond donors (Lipinski definition) is 23. The van der Waals surface area contributed by atoms with E-state index in [2.05, 4.69) is 20.9 Å². The fourth-order valence-corrected chi connectivity index (χ4v) is 15.3. The number of aliphatic hydroxyl groups excluding tert-OH is 19. The van der Waals surface area contributed by atoms with Gasteiger partial charge in [0.1, 0.15) is 175 Å². The van der Waals surface area contributed by atoms with Gasteiger partial charge in [0.25, 0.3) is 0 Å². The molecule has 24 aliphatic heterocycles. The van der Waals surface area contributed by atoms with Crippen molar-refractivity contribution in [3.8, 4) is 0 Å². The second-order valence-corrected chi connectivity index (χ2v) is 28.4.